The highest BCUT2D eigenvalue weighted by Gasteiger charge is 1.87. The van der Waals surface area contributed by atoms with Crippen molar-refractivity contribution >= 4 is 6.21 Å². The fourth-order valence-electron chi connectivity index (χ4n) is 1.02. The summed E-state index contributed by atoms with van der Waals surface area (Å²) < 4.78 is 0. The maximum Gasteiger partial charge on any atom is 0.106 e. The van der Waals surface area contributed by atoms with Crippen LogP contribution in [0.1, 0.15) is 38.5 Å². The van der Waals surface area contributed by atoms with Crippen molar-refractivity contribution in [1.82, 2.24) is 0 Å². The fraction of sp³-hybridized carbons (Fsp3) is 0.636. The van der Waals surface area contributed by atoms with Crippen LogP contribution in [-0.2, 0) is 4.84 Å². The number of oxime groups is 1. The van der Waals surface area contributed by atoms with Crippen molar-refractivity contribution in [3.8, 4) is 11.8 Å². The van der Waals surface area contributed by atoms with Gasteiger partial charge in [-0.1, -0.05) is 18.0 Å². The molecule has 0 unspecified atom stereocenters. The minimum absolute atomic E-state index is 0.982. The van der Waals surface area contributed by atoms with Crippen molar-refractivity contribution in [2.45, 2.75) is 38.5 Å². The number of unbranched alkanes of at least 4 members (excludes halogenated alkanes) is 5. The summed E-state index contributed by atoms with van der Waals surface area (Å²) in [5.41, 5.74) is 0. The summed E-state index contributed by atoms with van der Waals surface area (Å²) in [5, 5.41) is 3.66. The first-order valence-electron chi connectivity index (χ1n) is 4.71. The van der Waals surface area contributed by atoms with E-state index in [1.54, 1.807) is 7.11 Å². The van der Waals surface area contributed by atoms with E-state index in [2.05, 4.69) is 28.8 Å². The van der Waals surface area contributed by atoms with Crippen LogP contribution in [0.3, 0.4) is 0 Å². The minimum atomic E-state index is 0.982. The summed E-state index contributed by atoms with van der Waals surface area (Å²) in [7, 11) is 1.56. The third kappa shape index (κ3) is 11.0. The number of hydrogen-bond donors (Lipinski definition) is 0. The van der Waals surface area contributed by atoms with E-state index in [1.165, 1.54) is 25.7 Å². The van der Waals surface area contributed by atoms with Gasteiger partial charge in [0.1, 0.15) is 7.11 Å². The molecule has 0 amide bonds. The highest BCUT2D eigenvalue weighted by molar-refractivity contribution is 5.55. The molecule has 0 aliphatic heterocycles. The van der Waals surface area contributed by atoms with Crippen molar-refractivity contribution in [3.63, 3.8) is 0 Å². The van der Waals surface area contributed by atoms with Crippen molar-refractivity contribution in [1.29, 1.82) is 0 Å². The lowest BCUT2D eigenvalue weighted by Gasteiger charge is -1.95. The van der Waals surface area contributed by atoms with Gasteiger partial charge in [-0.25, -0.2) is 0 Å². The zero-order valence-electron chi connectivity index (χ0n) is 8.38. The Kier molecular flexibility index (Phi) is 10.2. The molecule has 0 atom stereocenters. The van der Waals surface area contributed by atoms with Crippen LogP contribution in [0.5, 0.6) is 0 Å². The Labute approximate surface area is 81.4 Å². The predicted octanol–water partition coefficient (Wildman–Crippen LogP) is 2.80. The summed E-state index contributed by atoms with van der Waals surface area (Å²) in [5.74, 6) is 5.60. The Morgan fingerprint density at radius 3 is 2.77 bits per heavy atom. The lowest BCUT2D eigenvalue weighted by Crippen LogP contribution is -1.80. The van der Waals surface area contributed by atoms with Gasteiger partial charge in [-0.15, -0.1) is 11.8 Å². The van der Waals surface area contributed by atoms with Gasteiger partial charge in [0.25, 0.3) is 0 Å². The molecule has 0 rings (SSSR count). The number of hydrogen-bond acceptors (Lipinski definition) is 2. The summed E-state index contributed by atoms with van der Waals surface area (Å²) in [6.07, 6.45) is 8.67. The van der Waals surface area contributed by atoms with Gasteiger partial charge in [0.15, 0.2) is 0 Å². The third-order valence-corrected chi connectivity index (χ3v) is 1.69. The molecule has 0 aliphatic rings. The van der Waals surface area contributed by atoms with Crippen LogP contribution in [0.4, 0.5) is 0 Å². The van der Waals surface area contributed by atoms with Crippen LogP contribution in [0.15, 0.2) is 5.16 Å². The number of rotatable bonds is 7. The molecule has 2 nitrogen and oxygen atoms in total. The second kappa shape index (κ2) is 11.0. The molecule has 0 saturated carbocycles. The molecule has 0 spiro atoms. The average Bonchev–Trinajstić information content (AvgIpc) is 2.16. The van der Waals surface area contributed by atoms with Crippen molar-refractivity contribution < 1.29 is 4.84 Å². The van der Waals surface area contributed by atoms with E-state index in [0.717, 1.165) is 12.8 Å². The van der Waals surface area contributed by atoms with Gasteiger partial charge < -0.3 is 4.84 Å². The SMILES string of the molecule is [CH2]C#CCCCCCC/C=N\OC. The standard InChI is InChI=1S/C11H18NO/c1-3-4-5-6-7-8-9-10-11-12-13-2/h11H,1,5-10H2,2H3/b12-11-. The average molecular weight is 180 g/mol. The molecule has 0 aromatic heterocycles. The van der Waals surface area contributed by atoms with Crippen LogP contribution >= 0.6 is 0 Å². The maximum absolute atomic E-state index is 4.55. The van der Waals surface area contributed by atoms with Gasteiger partial charge in [-0.3, -0.25) is 0 Å². The highest BCUT2D eigenvalue weighted by Crippen LogP contribution is 2.03. The molecule has 0 aromatic carbocycles. The first-order valence-corrected chi connectivity index (χ1v) is 4.71. The van der Waals surface area contributed by atoms with Crippen LogP contribution in [-0.4, -0.2) is 13.3 Å². The Balaban J connectivity index is 2.98. The Hall–Kier alpha value is -0.970. The maximum atomic E-state index is 4.55. The van der Waals surface area contributed by atoms with Gasteiger partial charge in [-0.2, -0.15) is 0 Å². The lowest BCUT2D eigenvalue weighted by molar-refractivity contribution is 0.214. The second-order valence-corrected chi connectivity index (χ2v) is 2.78. The fourth-order valence-corrected chi connectivity index (χ4v) is 1.02. The molecule has 0 fully saturated rings. The number of nitrogens with zero attached hydrogens (tertiary/aromatic N) is 1. The van der Waals surface area contributed by atoms with E-state index in [1.807, 2.05) is 6.21 Å². The molecule has 0 bridgehead atoms. The van der Waals surface area contributed by atoms with Gasteiger partial charge in [0.2, 0.25) is 0 Å². The summed E-state index contributed by atoms with van der Waals surface area (Å²) in [6.45, 7) is 3.46. The van der Waals surface area contributed by atoms with Crippen molar-refractivity contribution in [2.24, 2.45) is 5.16 Å². The van der Waals surface area contributed by atoms with Crippen LogP contribution in [0, 0.1) is 18.8 Å². The van der Waals surface area contributed by atoms with E-state index < -0.39 is 0 Å². The van der Waals surface area contributed by atoms with E-state index in [-0.39, 0.29) is 0 Å². The lowest BCUT2D eigenvalue weighted by atomic mass is 10.1. The van der Waals surface area contributed by atoms with E-state index >= 15 is 0 Å². The zero-order valence-corrected chi connectivity index (χ0v) is 8.38. The van der Waals surface area contributed by atoms with Crippen molar-refractivity contribution in [3.05, 3.63) is 6.92 Å². The first-order chi connectivity index (χ1) is 6.41. The summed E-state index contributed by atoms with van der Waals surface area (Å²) in [6, 6.07) is 0. The van der Waals surface area contributed by atoms with Crippen LogP contribution in [0.2, 0.25) is 0 Å². The molecule has 0 N–H and O–H groups in total. The van der Waals surface area contributed by atoms with Gasteiger partial charge in [0, 0.05) is 19.6 Å². The molecule has 0 saturated heterocycles. The van der Waals surface area contributed by atoms with Crippen LogP contribution in [0.25, 0.3) is 0 Å². The summed E-state index contributed by atoms with van der Waals surface area (Å²) in [4.78, 5) is 4.55. The van der Waals surface area contributed by atoms with E-state index in [0.29, 0.717) is 0 Å². The molecule has 13 heavy (non-hydrogen) atoms. The molecule has 2 heteroatoms. The summed E-state index contributed by atoms with van der Waals surface area (Å²) >= 11 is 0. The Morgan fingerprint density at radius 2 is 2.08 bits per heavy atom. The first kappa shape index (κ1) is 12.0. The minimum Gasteiger partial charge on any atom is -0.399 e. The quantitative estimate of drug-likeness (QED) is 0.255. The van der Waals surface area contributed by atoms with Crippen LogP contribution < -0.4 is 0 Å². The molecule has 0 heterocycles. The largest absolute Gasteiger partial charge is 0.399 e. The van der Waals surface area contributed by atoms with Gasteiger partial charge in [0.05, 0.1) is 0 Å². The molecule has 73 valence electrons. The van der Waals surface area contributed by atoms with E-state index in [4.69, 9.17) is 0 Å². The normalized spacial score (nSPS) is 9.69. The Bertz CT molecular complexity index is 176. The predicted molar refractivity (Wildman–Crippen MR) is 56.3 cm³/mol. The van der Waals surface area contributed by atoms with E-state index in [9.17, 15) is 0 Å². The molecular weight excluding hydrogens is 162 g/mol. The van der Waals surface area contributed by atoms with Gasteiger partial charge in [-0.05, 0) is 19.3 Å². The molecular formula is C11H18NO. The zero-order chi connectivity index (χ0) is 9.78. The smallest absolute Gasteiger partial charge is 0.106 e. The monoisotopic (exact) mass is 180 g/mol. The second-order valence-electron chi connectivity index (χ2n) is 2.78. The molecule has 0 aromatic rings. The third-order valence-electron chi connectivity index (χ3n) is 1.69. The molecule has 0 aliphatic carbocycles. The topological polar surface area (TPSA) is 21.6 Å². The Morgan fingerprint density at radius 1 is 1.31 bits per heavy atom. The molecule has 1 radical (unpaired) electrons. The van der Waals surface area contributed by atoms with Gasteiger partial charge >= 0.3 is 0 Å². The highest BCUT2D eigenvalue weighted by atomic mass is 16.6. The van der Waals surface area contributed by atoms with Crippen molar-refractivity contribution in [2.75, 3.05) is 7.11 Å².